The van der Waals surface area contributed by atoms with E-state index in [-0.39, 0.29) is 0 Å². The molecule has 62 valence electrons. The second-order valence-electron chi connectivity index (χ2n) is 4.83. The Labute approximate surface area is 105 Å². The van der Waals surface area contributed by atoms with E-state index in [0.717, 1.165) is 64.3 Å². The van der Waals surface area contributed by atoms with Crippen LogP contribution in [0.15, 0.2) is 0 Å². The van der Waals surface area contributed by atoms with E-state index in [9.17, 15) is 0 Å². The van der Waals surface area contributed by atoms with Gasteiger partial charge in [0.15, 0.2) is 0 Å². The summed E-state index contributed by atoms with van der Waals surface area (Å²) in [6.45, 7) is 14.7. The van der Waals surface area contributed by atoms with Crippen molar-refractivity contribution in [3.05, 3.63) is 0 Å². The van der Waals surface area contributed by atoms with Crippen LogP contribution in [0.25, 0.3) is 0 Å². The van der Waals surface area contributed by atoms with Gasteiger partial charge in [-0.15, -0.1) is 0 Å². The molecule has 2 heteroatoms. The SMILES string of the molecule is CC(C)[Si]([K])(C(C)C)C(C)C. The molecule has 0 aliphatic heterocycles. The third-order valence-corrected chi connectivity index (χ3v) is 27.4. The minimum absolute atomic E-state index is 0.794. The van der Waals surface area contributed by atoms with Crippen molar-refractivity contribution < 1.29 is 0 Å². The van der Waals surface area contributed by atoms with E-state index in [1.54, 1.807) is 0 Å². The second kappa shape index (κ2) is 4.92. The fourth-order valence-corrected chi connectivity index (χ4v) is 6.00. The predicted octanol–water partition coefficient (Wildman–Crippen LogP) is 3.33. The zero-order valence-electron chi connectivity index (χ0n) is 9.23. The van der Waals surface area contributed by atoms with Gasteiger partial charge < -0.3 is 0 Å². The minimum atomic E-state index is -0.794. The van der Waals surface area contributed by atoms with Crippen molar-refractivity contribution in [3.63, 3.8) is 0 Å². The topological polar surface area (TPSA) is 0 Å². The van der Waals surface area contributed by atoms with Crippen molar-refractivity contribution >= 4 is 48.4 Å². The Morgan fingerprint density at radius 1 is 0.727 bits per heavy atom. The summed E-state index contributed by atoms with van der Waals surface area (Å²) in [6, 6.07) is 0. The molecular weight excluding hydrogens is 175 g/mol. The average Bonchev–Trinajstić information content (AvgIpc) is 1.84. The van der Waals surface area contributed by atoms with Gasteiger partial charge in [0.05, 0.1) is 0 Å². The summed E-state index contributed by atoms with van der Waals surface area (Å²) in [5.74, 6) is 0. The number of hydrogen-bond donors (Lipinski definition) is 0. The zero-order valence-corrected chi connectivity index (χ0v) is 13.4. The molecule has 0 aliphatic carbocycles. The summed E-state index contributed by atoms with van der Waals surface area (Å²) in [5.41, 5.74) is 3.01. The number of rotatable bonds is 3. The van der Waals surface area contributed by atoms with Crippen LogP contribution >= 0.6 is 0 Å². The Bertz CT molecular complexity index is 97.0. The number of hydrogen-bond acceptors (Lipinski definition) is 0. The van der Waals surface area contributed by atoms with Gasteiger partial charge in [-0.3, -0.25) is 0 Å². The molecule has 0 aromatic carbocycles. The van der Waals surface area contributed by atoms with Crippen molar-refractivity contribution in [1.82, 2.24) is 0 Å². The van der Waals surface area contributed by atoms with Crippen molar-refractivity contribution in [2.75, 3.05) is 0 Å². The van der Waals surface area contributed by atoms with E-state index in [1.165, 1.54) is 0 Å². The van der Waals surface area contributed by atoms with Gasteiger partial charge in [-0.25, -0.2) is 0 Å². The Morgan fingerprint density at radius 2 is 0.909 bits per heavy atom. The molecule has 0 bridgehead atoms. The Kier molecular flexibility index (Phi) is 5.74. The van der Waals surface area contributed by atoms with E-state index >= 15 is 0 Å². The first-order chi connectivity index (χ1) is 4.83. The third-order valence-electron chi connectivity index (χ3n) is 3.73. The van der Waals surface area contributed by atoms with Gasteiger partial charge >= 0.3 is 107 Å². The van der Waals surface area contributed by atoms with Gasteiger partial charge in [0, 0.05) is 0 Å². The standard InChI is InChI=1S/C9H21Si.K/c1-7(2)10(8(3)4)9(5)6;/h7-9H,1-6H3;. The summed E-state index contributed by atoms with van der Waals surface area (Å²) in [5, 5.41) is 0. The van der Waals surface area contributed by atoms with Crippen LogP contribution in [0.3, 0.4) is 0 Å². The fraction of sp³-hybridized carbons (Fsp3) is 1.00. The van der Waals surface area contributed by atoms with Crippen molar-refractivity contribution in [3.8, 4) is 0 Å². The molecule has 11 heavy (non-hydrogen) atoms. The molecule has 0 aromatic heterocycles. The first-order valence-corrected chi connectivity index (χ1v) is 12.2. The molecule has 0 nitrogen and oxygen atoms in total. The van der Waals surface area contributed by atoms with Gasteiger partial charge in [-0.1, -0.05) is 0 Å². The molecule has 0 heterocycles. The van der Waals surface area contributed by atoms with Crippen LogP contribution in [0.2, 0.25) is 16.6 Å². The first-order valence-electron chi connectivity index (χ1n) is 4.83. The van der Waals surface area contributed by atoms with Gasteiger partial charge in [-0.2, -0.15) is 0 Å². The van der Waals surface area contributed by atoms with Crippen LogP contribution in [0, 0.1) is 0 Å². The second-order valence-corrected chi connectivity index (χ2v) is 19.1. The molecule has 0 spiro atoms. The van der Waals surface area contributed by atoms with Gasteiger partial charge in [-0.05, 0) is 0 Å². The molecule has 0 saturated carbocycles. The molecule has 0 N–H and O–H groups in total. The maximum absolute atomic E-state index is 2.44. The molecule has 0 atom stereocenters. The van der Waals surface area contributed by atoms with Gasteiger partial charge in [0.25, 0.3) is 0 Å². The van der Waals surface area contributed by atoms with E-state index in [1.807, 2.05) is 0 Å². The summed E-state index contributed by atoms with van der Waals surface area (Å²) in [4.78, 5) is 0. The van der Waals surface area contributed by atoms with Crippen LogP contribution in [0.1, 0.15) is 41.5 Å². The fourth-order valence-electron chi connectivity index (χ4n) is 2.00. The molecule has 0 radical (unpaired) electrons. The monoisotopic (exact) mass is 196 g/mol. The summed E-state index contributed by atoms with van der Waals surface area (Å²) in [6.07, 6.45) is 0. The maximum atomic E-state index is 2.44. The van der Waals surface area contributed by atoms with Crippen LogP contribution in [0.5, 0.6) is 0 Å². The van der Waals surface area contributed by atoms with Crippen LogP contribution in [-0.4, -0.2) is 48.4 Å². The Morgan fingerprint density at radius 3 is 0.909 bits per heavy atom. The van der Waals surface area contributed by atoms with Crippen molar-refractivity contribution in [1.29, 1.82) is 0 Å². The normalized spacial score (nSPS) is 13.7. The van der Waals surface area contributed by atoms with Crippen LogP contribution in [0.4, 0.5) is 0 Å². The molecule has 0 unspecified atom stereocenters. The molecule has 0 aliphatic rings. The molecule has 0 rings (SSSR count). The zero-order chi connectivity index (χ0) is 9.23. The van der Waals surface area contributed by atoms with Gasteiger partial charge in [0.2, 0.25) is 0 Å². The molecule has 0 amide bonds. The average molecular weight is 196 g/mol. The Balaban J connectivity index is 4.53. The summed E-state index contributed by atoms with van der Waals surface area (Å²) in [7, 11) is 0. The van der Waals surface area contributed by atoms with E-state index < -0.39 is 0.755 Å². The van der Waals surface area contributed by atoms with Crippen LogP contribution < -0.4 is 0 Å². The molecular formula is C9H21KSi. The summed E-state index contributed by atoms with van der Waals surface area (Å²) < 4.78 is -0.794. The Hall–Kier alpha value is 1.85. The van der Waals surface area contributed by atoms with Crippen LogP contribution in [-0.2, 0) is 0 Å². The quantitative estimate of drug-likeness (QED) is 0.608. The van der Waals surface area contributed by atoms with E-state index in [4.69, 9.17) is 0 Å². The molecule has 0 fully saturated rings. The van der Waals surface area contributed by atoms with E-state index in [0.29, 0.717) is 0 Å². The summed E-state index contributed by atoms with van der Waals surface area (Å²) >= 11 is 1.08. The third kappa shape index (κ3) is 2.92. The first kappa shape index (κ1) is 12.9. The van der Waals surface area contributed by atoms with E-state index in [2.05, 4.69) is 41.5 Å². The molecule has 0 saturated heterocycles. The predicted molar refractivity (Wildman–Crippen MR) is 56.8 cm³/mol. The van der Waals surface area contributed by atoms with Gasteiger partial charge in [0.1, 0.15) is 0 Å². The van der Waals surface area contributed by atoms with Crippen molar-refractivity contribution in [2.24, 2.45) is 0 Å². The van der Waals surface area contributed by atoms with Crippen molar-refractivity contribution in [2.45, 2.75) is 58.2 Å². The molecule has 0 aromatic rings.